The van der Waals surface area contributed by atoms with Crippen molar-refractivity contribution in [3.8, 4) is 0 Å². The fourth-order valence-corrected chi connectivity index (χ4v) is 2.10. The molecule has 0 atom stereocenters. The van der Waals surface area contributed by atoms with Gasteiger partial charge in [0.05, 0.1) is 0 Å². The molecule has 0 amide bonds. The fourth-order valence-electron chi connectivity index (χ4n) is 1.56. The van der Waals surface area contributed by atoms with Crippen molar-refractivity contribution in [1.82, 2.24) is 0 Å². The molecule has 0 heterocycles. The number of hydrogen-bond acceptors (Lipinski definition) is 1. The van der Waals surface area contributed by atoms with E-state index in [1.54, 1.807) is 0 Å². The summed E-state index contributed by atoms with van der Waals surface area (Å²) in [6, 6.07) is 19.7. The van der Waals surface area contributed by atoms with Crippen molar-refractivity contribution in [1.29, 1.82) is 0 Å². The molecule has 0 bridgehead atoms. The van der Waals surface area contributed by atoms with Crippen LogP contribution in [0.5, 0.6) is 0 Å². The standard InChI is InChI=1S/C13H11OS/c14-15-13(11-7-3-1-4-8-11)12-9-5-2-6-10-12/h1-10,13H/q+1. The molecular formula is C13H11OS+. The molecule has 0 spiro atoms. The van der Waals surface area contributed by atoms with Gasteiger partial charge in [0.2, 0.25) is 0 Å². The Balaban J connectivity index is 2.38. The van der Waals surface area contributed by atoms with Crippen LogP contribution in [-0.2, 0) is 15.9 Å². The lowest BCUT2D eigenvalue weighted by Gasteiger charge is -2.00. The SMILES string of the molecule is O=[S+]C(c1ccccc1)c1ccccc1. The summed E-state index contributed by atoms with van der Waals surface area (Å²) >= 11 is 0.626. The van der Waals surface area contributed by atoms with Crippen LogP contribution in [0.1, 0.15) is 16.4 Å². The van der Waals surface area contributed by atoms with Crippen LogP contribution in [0.15, 0.2) is 60.7 Å². The third-order valence-electron chi connectivity index (χ3n) is 2.30. The monoisotopic (exact) mass is 215 g/mol. The second-order valence-corrected chi connectivity index (χ2v) is 3.96. The lowest BCUT2D eigenvalue weighted by Crippen LogP contribution is -1.98. The Morgan fingerprint density at radius 1 is 0.733 bits per heavy atom. The van der Waals surface area contributed by atoms with Gasteiger partial charge in [-0.3, -0.25) is 0 Å². The quantitative estimate of drug-likeness (QED) is 0.718. The van der Waals surface area contributed by atoms with E-state index < -0.39 is 0 Å². The maximum atomic E-state index is 11.1. The molecule has 74 valence electrons. The Bertz CT molecular complexity index is 385. The molecule has 0 aliphatic heterocycles. The molecule has 2 heteroatoms. The average Bonchev–Trinajstić information content (AvgIpc) is 2.33. The van der Waals surface area contributed by atoms with Gasteiger partial charge in [0.1, 0.15) is 0 Å². The van der Waals surface area contributed by atoms with E-state index in [4.69, 9.17) is 0 Å². The molecule has 0 saturated carbocycles. The molecule has 2 aromatic rings. The third kappa shape index (κ3) is 2.28. The van der Waals surface area contributed by atoms with E-state index >= 15 is 0 Å². The number of hydrogen-bond donors (Lipinski definition) is 0. The molecule has 0 unspecified atom stereocenters. The minimum absolute atomic E-state index is 0.104. The summed E-state index contributed by atoms with van der Waals surface area (Å²) < 4.78 is 11.1. The zero-order valence-electron chi connectivity index (χ0n) is 8.17. The van der Waals surface area contributed by atoms with Crippen molar-refractivity contribution in [3.63, 3.8) is 0 Å². The van der Waals surface area contributed by atoms with Crippen LogP contribution in [0.2, 0.25) is 0 Å². The third-order valence-corrected chi connectivity index (χ3v) is 3.04. The first-order valence-electron chi connectivity index (χ1n) is 4.80. The molecule has 0 aliphatic carbocycles. The molecule has 2 aromatic carbocycles. The first-order valence-corrected chi connectivity index (χ1v) is 5.61. The largest absolute Gasteiger partial charge is 0.472 e. The van der Waals surface area contributed by atoms with E-state index in [1.807, 2.05) is 60.7 Å². The second kappa shape index (κ2) is 4.80. The van der Waals surface area contributed by atoms with E-state index in [1.165, 1.54) is 0 Å². The Labute approximate surface area is 93.3 Å². The lowest BCUT2D eigenvalue weighted by molar-refractivity contribution is 0.602. The predicted molar refractivity (Wildman–Crippen MR) is 62.8 cm³/mol. The molecule has 0 N–H and O–H groups in total. The molecule has 0 saturated heterocycles. The van der Waals surface area contributed by atoms with Crippen molar-refractivity contribution in [3.05, 3.63) is 71.8 Å². The maximum Gasteiger partial charge on any atom is 0.472 e. The summed E-state index contributed by atoms with van der Waals surface area (Å²) in [5, 5.41) is -0.104. The summed E-state index contributed by atoms with van der Waals surface area (Å²) in [4.78, 5) is 0. The van der Waals surface area contributed by atoms with Crippen LogP contribution in [0.3, 0.4) is 0 Å². The van der Waals surface area contributed by atoms with Gasteiger partial charge in [0.15, 0.2) is 0 Å². The second-order valence-electron chi connectivity index (χ2n) is 3.30. The molecule has 0 aliphatic rings. The molecule has 0 fully saturated rings. The average molecular weight is 215 g/mol. The van der Waals surface area contributed by atoms with Gasteiger partial charge in [0.25, 0.3) is 5.25 Å². The normalized spacial score (nSPS) is 10.2. The van der Waals surface area contributed by atoms with Gasteiger partial charge >= 0.3 is 11.7 Å². The van der Waals surface area contributed by atoms with Gasteiger partial charge in [-0.1, -0.05) is 60.7 Å². The van der Waals surface area contributed by atoms with Crippen molar-refractivity contribution >= 4 is 11.7 Å². The molecule has 15 heavy (non-hydrogen) atoms. The van der Waals surface area contributed by atoms with Crippen LogP contribution < -0.4 is 0 Å². The van der Waals surface area contributed by atoms with Crippen LogP contribution in [0.4, 0.5) is 0 Å². The van der Waals surface area contributed by atoms with Crippen molar-refractivity contribution < 1.29 is 4.21 Å². The fraction of sp³-hybridized carbons (Fsp3) is 0.0769. The van der Waals surface area contributed by atoms with Crippen LogP contribution in [0, 0.1) is 0 Å². The minimum atomic E-state index is -0.104. The predicted octanol–water partition coefficient (Wildman–Crippen LogP) is 3.20. The minimum Gasteiger partial charge on any atom is -0.0622 e. The highest BCUT2D eigenvalue weighted by Crippen LogP contribution is 2.23. The van der Waals surface area contributed by atoms with E-state index in [0.717, 1.165) is 11.1 Å². The van der Waals surface area contributed by atoms with E-state index in [-0.39, 0.29) is 5.25 Å². The van der Waals surface area contributed by atoms with Crippen LogP contribution in [-0.4, -0.2) is 0 Å². The molecule has 1 nitrogen and oxygen atoms in total. The van der Waals surface area contributed by atoms with Crippen LogP contribution >= 0.6 is 0 Å². The molecular weight excluding hydrogens is 204 g/mol. The summed E-state index contributed by atoms with van der Waals surface area (Å²) in [5.41, 5.74) is 2.12. The summed E-state index contributed by atoms with van der Waals surface area (Å²) in [6.07, 6.45) is 0. The first-order chi connectivity index (χ1) is 7.42. The zero-order valence-corrected chi connectivity index (χ0v) is 8.98. The first kappa shape index (κ1) is 9.99. The zero-order chi connectivity index (χ0) is 10.5. The Hall–Kier alpha value is -1.54. The topological polar surface area (TPSA) is 17.1 Å². The highest BCUT2D eigenvalue weighted by atomic mass is 32.1. The van der Waals surface area contributed by atoms with E-state index in [0.29, 0.717) is 11.7 Å². The Kier molecular flexibility index (Phi) is 3.20. The molecule has 2 rings (SSSR count). The van der Waals surface area contributed by atoms with E-state index in [2.05, 4.69) is 0 Å². The Morgan fingerprint density at radius 3 is 1.47 bits per heavy atom. The van der Waals surface area contributed by atoms with Gasteiger partial charge in [-0.05, 0) is 0 Å². The maximum absolute atomic E-state index is 11.1. The van der Waals surface area contributed by atoms with Crippen molar-refractivity contribution in [2.24, 2.45) is 0 Å². The van der Waals surface area contributed by atoms with Crippen molar-refractivity contribution in [2.75, 3.05) is 0 Å². The molecule has 0 aromatic heterocycles. The number of benzene rings is 2. The van der Waals surface area contributed by atoms with Gasteiger partial charge in [-0.25, -0.2) is 0 Å². The van der Waals surface area contributed by atoms with Gasteiger partial charge in [-0.2, -0.15) is 0 Å². The highest BCUT2D eigenvalue weighted by molar-refractivity contribution is 7.66. The smallest absolute Gasteiger partial charge is 0.0622 e. The Morgan fingerprint density at radius 2 is 1.13 bits per heavy atom. The van der Waals surface area contributed by atoms with Crippen molar-refractivity contribution in [2.45, 2.75) is 5.25 Å². The summed E-state index contributed by atoms with van der Waals surface area (Å²) in [7, 11) is 0. The lowest BCUT2D eigenvalue weighted by atomic mass is 10.0. The molecule has 0 radical (unpaired) electrons. The van der Waals surface area contributed by atoms with Gasteiger partial charge < -0.3 is 0 Å². The van der Waals surface area contributed by atoms with Gasteiger partial charge in [-0.15, -0.1) is 0 Å². The highest BCUT2D eigenvalue weighted by Gasteiger charge is 2.25. The van der Waals surface area contributed by atoms with Crippen LogP contribution in [0.25, 0.3) is 0 Å². The van der Waals surface area contributed by atoms with Gasteiger partial charge in [0, 0.05) is 15.3 Å². The number of rotatable bonds is 3. The summed E-state index contributed by atoms with van der Waals surface area (Å²) in [6.45, 7) is 0. The van der Waals surface area contributed by atoms with E-state index in [9.17, 15) is 4.21 Å². The summed E-state index contributed by atoms with van der Waals surface area (Å²) in [5.74, 6) is 0.